The maximum absolute atomic E-state index is 11.6. The van der Waals surface area contributed by atoms with E-state index in [1.807, 2.05) is 11.8 Å². The molecule has 0 aromatic rings. The molecule has 1 heterocycles. The molecule has 0 saturated carbocycles. The molecule has 8 heteroatoms. The third-order valence-corrected chi connectivity index (χ3v) is 4.22. The third kappa shape index (κ3) is 6.65. The third-order valence-electron chi connectivity index (χ3n) is 3.18. The number of amides is 3. The first-order valence-corrected chi connectivity index (χ1v) is 7.77. The van der Waals surface area contributed by atoms with Gasteiger partial charge < -0.3 is 21.5 Å². The van der Waals surface area contributed by atoms with Gasteiger partial charge in [-0.25, -0.2) is 9.59 Å². The molecule has 0 unspecified atom stereocenters. The Kier molecular flexibility index (Phi) is 7.21. The molecule has 0 radical (unpaired) electrons. The number of primary amides is 1. The summed E-state index contributed by atoms with van der Waals surface area (Å²) in [5.41, 5.74) is 4.97. The number of hydrogen-bond acceptors (Lipinski definition) is 4. The molecule has 114 valence electrons. The summed E-state index contributed by atoms with van der Waals surface area (Å²) in [4.78, 5) is 33.2. The Labute approximate surface area is 122 Å². The maximum Gasteiger partial charge on any atom is 0.326 e. The van der Waals surface area contributed by atoms with Crippen molar-refractivity contribution in [3.05, 3.63) is 0 Å². The van der Waals surface area contributed by atoms with Crippen molar-refractivity contribution in [2.45, 2.75) is 31.7 Å². The van der Waals surface area contributed by atoms with Crippen molar-refractivity contribution in [1.29, 1.82) is 0 Å². The quantitative estimate of drug-likeness (QED) is 0.533. The maximum atomic E-state index is 11.6. The first-order chi connectivity index (χ1) is 9.49. The van der Waals surface area contributed by atoms with E-state index in [2.05, 4.69) is 10.6 Å². The van der Waals surface area contributed by atoms with Gasteiger partial charge in [0.2, 0.25) is 5.91 Å². The van der Waals surface area contributed by atoms with Crippen LogP contribution < -0.4 is 16.4 Å². The van der Waals surface area contributed by atoms with E-state index in [1.165, 1.54) is 0 Å². The normalized spacial score (nSPS) is 17.2. The smallest absolute Gasteiger partial charge is 0.326 e. The van der Waals surface area contributed by atoms with Gasteiger partial charge in [-0.2, -0.15) is 11.8 Å². The van der Waals surface area contributed by atoms with Gasteiger partial charge in [0.05, 0.1) is 0 Å². The highest BCUT2D eigenvalue weighted by Crippen LogP contribution is 2.21. The van der Waals surface area contributed by atoms with Crippen molar-refractivity contribution >= 4 is 29.7 Å². The number of thioether (sulfide) groups is 1. The molecule has 1 atom stereocenters. The topological polar surface area (TPSA) is 122 Å². The van der Waals surface area contributed by atoms with Crippen molar-refractivity contribution in [1.82, 2.24) is 10.6 Å². The minimum absolute atomic E-state index is 0.00183. The SMILES string of the molecule is NC(=O)CC[C@H](NC(=O)NCC1CCSCC1)C(=O)O. The molecule has 1 aliphatic rings. The highest BCUT2D eigenvalue weighted by Gasteiger charge is 2.21. The van der Waals surface area contributed by atoms with Crippen LogP contribution in [0.1, 0.15) is 25.7 Å². The molecule has 20 heavy (non-hydrogen) atoms. The number of hydrogen-bond donors (Lipinski definition) is 4. The fourth-order valence-corrected chi connectivity index (χ4v) is 3.14. The minimum atomic E-state index is -1.17. The van der Waals surface area contributed by atoms with Crippen LogP contribution in [0, 0.1) is 5.92 Å². The molecule has 1 rings (SSSR count). The molecule has 3 amide bonds. The van der Waals surface area contributed by atoms with E-state index < -0.39 is 23.9 Å². The van der Waals surface area contributed by atoms with Gasteiger partial charge in [-0.05, 0) is 36.7 Å². The van der Waals surface area contributed by atoms with Crippen LogP contribution in [-0.2, 0) is 9.59 Å². The lowest BCUT2D eigenvalue weighted by Crippen LogP contribution is -2.47. The molecule has 5 N–H and O–H groups in total. The molecule has 0 spiro atoms. The summed E-state index contributed by atoms with van der Waals surface area (Å²) in [6.45, 7) is 0.550. The first kappa shape index (κ1) is 16.6. The summed E-state index contributed by atoms with van der Waals surface area (Å²) in [6, 6.07) is -1.61. The summed E-state index contributed by atoms with van der Waals surface area (Å²) in [6.07, 6.45) is 2.05. The second-order valence-electron chi connectivity index (χ2n) is 4.81. The van der Waals surface area contributed by atoms with E-state index in [0.717, 1.165) is 24.3 Å². The zero-order valence-corrected chi connectivity index (χ0v) is 12.1. The highest BCUT2D eigenvalue weighted by atomic mass is 32.2. The molecule has 0 aromatic heterocycles. The van der Waals surface area contributed by atoms with Crippen LogP contribution in [0.2, 0.25) is 0 Å². The molecule has 1 fully saturated rings. The van der Waals surface area contributed by atoms with Crippen LogP contribution in [0.15, 0.2) is 0 Å². The number of rotatable bonds is 7. The molecule has 7 nitrogen and oxygen atoms in total. The summed E-state index contributed by atoms with van der Waals surface area (Å²) >= 11 is 1.91. The van der Waals surface area contributed by atoms with Gasteiger partial charge in [0, 0.05) is 13.0 Å². The summed E-state index contributed by atoms with van der Waals surface area (Å²) in [5.74, 6) is 0.902. The Hall–Kier alpha value is -1.44. The van der Waals surface area contributed by atoms with Gasteiger partial charge in [0.25, 0.3) is 0 Å². The lowest BCUT2D eigenvalue weighted by atomic mass is 10.0. The average Bonchev–Trinajstić information content (AvgIpc) is 2.41. The standard InChI is InChI=1S/C12H21N3O4S/c13-10(16)2-1-9(11(17)18)15-12(19)14-7-8-3-5-20-6-4-8/h8-9H,1-7H2,(H2,13,16)(H,17,18)(H2,14,15,19)/t9-/m0/s1. The molecule has 0 aliphatic carbocycles. The van der Waals surface area contributed by atoms with Gasteiger partial charge in [-0.1, -0.05) is 0 Å². The Morgan fingerprint density at radius 1 is 1.30 bits per heavy atom. The fraction of sp³-hybridized carbons (Fsp3) is 0.750. The van der Waals surface area contributed by atoms with Crippen LogP contribution >= 0.6 is 11.8 Å². The van der Waals surface area contributed by atoms with Crippen LogP contribution in [0.5, 0.6) is 0 Å². The predicted molar refractivity (Wildman–Crippen MR) is 76.4 cm³/mol. The van der Waals surface area contributed by atoms with Crippen LogP contribution in [0.25, 0.3) is 0 Å². The first-order valence-electron chi connectivity index (χ1n) is 6.62. The summed E-state index contributed by atoms with van der Waals surface area (Å²) < 4.78 is 0. The van der Waals surface area contributed by atoms with Crippen LogP contribution in [0.3, 0.4) is 0 Å². The lowest BCUT2D eigenvalue weighted by molar-refractivity contribution is -0.139. The number of carboxylic acids is 1. The number of aliphatic carboxylic acids is 1. The zero-order chi connectivity index (χ0) is 15.0. The van der Waals surface area contributed by atoms with Gasteiger partial charge in [-0.15, -0.1) is 0 Å². The largest absolute Gasteiger partial charge is 0.480 e. The van der Waals surface area contributed by atoms with E-state index in [9.17, 15) is 14.4 Å². The van der Waals surface area contributed by atoms with Crippen LogP contribution in [0.4, 0.5) is 4.79 Å². The summed E-state index contributed by atoms with van der Waals surface area (Å²) in [5, 5.41) is 14.0. The fourth-order valence-electron chi connectivity index (χ4n) is 1.94. The molecule has 1 aliphatic heterocycles. The van der Waals surface area contributed by atoms with E-state index >= 15 is 0 Å². The van der Waals surface area contributed by atoms with E-state index in [4.69, 9.17) is 10.8 Å². The Morgan fingerprint density at radius 2 is 1.95 bits per heavy atom. The summed E-state index contributed by atoms with van der Waals surface area (Å²) in [7, 11) is 0. The number of nitrogens with two attached hydrogens (primary N) is 1. The van der Waals surface area contributed by atoms with E-state index in [0.29, 0.717) is 12.5 Å². The van der Waals surface area contributed by atoms with Crippen LogP contribution in [-0.4, -0.2) is 47.1 Å². The van der Waals surface area contributed by atoms with Gasteiger partial charge in [0.15, 0.2) is 0 Å². The number of carbonyl (C=O) groups is 3. The number of urea groups is 1. The zero-order valence-electron chi connectivity index (χ0n) is 11.3. The monoisotopic (exact) mass is 303 g/mol. The van der Waals surface area contributed by atoms with Crippen molar-refractivity contribution in [3.8, 4) is 0 Å². The molecular formula is C12H21N3O4S. The number of carboxylic acid groups (broad SMARTS) is 1. The average molecular weight is 303 g/mol. The minimum Gasteiger partial charge on any atom is -0.480 e. The second-order valence-corrected chi connectivity index (χ2v) is 6.03. The molecule has 0 bridgehead atoms. The Bertz CT molecular complexity index is 359. The molecule has 1 saturated heterocycles. The van der Waals surface area contributed by atoms with Crippen molar-refractivity contribution < 1.29 is 19.5 Å². The van der Waals surface area contributed by atoms with Crippen molar-refractivity contribution in [3.63, 3.8) is 0 Å². The number of carbonyl (C=O) groups excluding carboxylic acids is 2. The highest BCUT2D eigenvalue weighted by molar-refractivity contribution is 7.99. The van der Waals surface area contributed by atoms with Gasteiger partial charge >= 0.3 is 12.0 Å². The Balaban J connectivity index is 2.29. The predicted octanol–water partition coefficient (Wildman–Crippen LogP) is 0.147. The molecular weight excluding hydrogens is 282 g/mol. The number of nitrogens with one attached hydrogen (secondary N) is 2. The lowest BCUT2D eigenvalue weighted by Gasteiger charge is -2.22. The van der Waals surface area contributed by atoms with Gasteiger partial charge in [-0.3, -0.25) is 4.79 Å². The molecule has 0 aromatic carbocycles. The Morgan fingerprint density at radius 3 is 2.50 bits per heavy atom. The second kappa shape index (κ2) is 8.68. The van der Waals surface area contributed by atoms with Crippen molar-refractivity contribution in [2.24, 2.45) is 11.7 Å². The van der Waals surface area contributed by atoms with Crippen molar-refractivity contribution in [2.75, 3.05) is 18.1 Å². The van der Waals surface area contributed by atoms with Gasteiger partial charge in [0.1, 0.15) is 6.04 Å². The van der Waals surface area contributed by atoms with E-state index in [-0.39, 0.29) is 12.8 Å². The van der Waals surface area contributed by atoms with E-state index in [1.54, 1.807) is 0 Å².